The van der Waals surface area contributed by atoms with Gasteiger partial charge in [0.25, 0.3) is 17.1 Å². The predicted octanol–water partition coefficient (Wildman–Crippen LogP) is 7.01. The molecule has 10 heteroatoms. The van der Waals surface area contributed by atoms with Crippen LogP contribution in [0.15, 0.2) is 76.1 Å². The van der Waals surface area contributed by atoms with Gasteiger partial charge in [-0.15, -0.1) is 0 Å². The third-order valence-corrected chi connectivity index (χ3v) is 6.87. The van der Waals surface area contributed by atoms with Gasteiger partial charge in [0.1, 0.15) is 5.75 Å². The first kappa shape index (κ1) is 25.3. The van der Waals surface area contributed by atoms with E-state index in [0.29, 0.717) is 27.0 Å². The smallest absolute Gasteiger partial charge is 0.293 e. The Morgan fingerprint density at radius 3 is 2.54 bits per heavy atom. The molecule has 0 saturated carbocycles. The molecule has 4 rings (SSSR count). The van der Waals surface area contributed by atoms with E-state index in [9.17, 15) is 14.4 Å². The third-order valence-electron chi connectivity index (χ3n) is 4.89. The molecule has 0 spiro atoms. The van der Waals surface area contributed by atoms with E-state index in [2.05, 4.69) is 21.2 Å². The number of carbonyl (C=O) groups excluding carboxylic acids is 3. The molecule has 0 unspecified atom stereocenters. The molecule has 1 aliphatic rings. The van der Waals surface area contributed by atoms with Gasteiger partial charge in [-0.2, -0.15) is 0 Å². The monoisotopic (exact) mass is 590 g/mol. The van der Waals surface area contributed by atoms with Crippen LogP contribution in [0, 0.1) is 0 Å². The van der Waals surface area contributed by atoms with Crippen molar-refractivity contribution in [3.8, 4) is 5.75 Å². The quantitative estimate of drug-likeness (QED) is 0.299. The largest absolute Gasteiger partial charge is 0.483 e. The first-order chi connectivity index (χ1) is 16.8. The number of hydrogen-bond acceptors (Lipinski definition) is 5. The number of hydrogen-bond donors (Lipinski definition) is 1. The number of nitrogens with one attached hydrogen (secondary N) is 1. The Morgan fingerprint density at radius 1 is 1.06 bits per heavy atom. The molecule has 1 heterocycles. The second-order valence-electron chi connectivity index (χ2n) is 7.39. The minimum atomic E-state index is -0.405. The van der Waals surface area contributed by atoms with Gasteiger partial charge in [0, 0.05) is 15.1 Å². The number of anilines is 1. The zero-order valence-electron chi connectivity index (χ0n) is 18.0. The fourth-order valence-electron chi connectivity index (χ4n) is 3.21. The minimum absolute atomic E-state index is 0.142. The van der Waals surface area contributed by atoms with Gasteiger partial charge in [-0.1, -0.05) is 63.4 Å². The molecule has 0 bridgehead atoms. The average Bonchev–Trinajstić information content (AvgIpc) is 3.09. The van der Waals surface area contributed by atoms with Gasteiger partial charge in [0.2, 0.25) is 0 Å². The van der Waals surface area contributed by atoms with Crippen molar-refractivity contribution in [2.45, 2.75) is 6.54 Å². The van der Waals surface area contributed by atoms with Crippen molar-refractivity contribution in [2.24, 2.45) is 0 Å². The Kier molecular flexibility index (Phi) is 8.18. The summed E-state index contributed by atoms with van der Waals surface area (Å²) >= 11 is 16.2. The van der Waals surface area contributed by atoms with Gasteiger partial charge in [-0.25, -0.2) is 0 Å². The van der Waals surface area contributed by atoms with Crippen molar-refractivity contribution in [3.63, 3.8) is 0 Å². The fourth-order valence-corrected chi connectivity index (χ4v) is 4.72. The Bertz CT molecular complexity index is 1330. The van der Waals surface area contributed by atoms with Crippen LogP contribution < -0.4 is 10.1 Å². The number of amides is 3. The molecule has 1 fully saturated rings. The van der Waals surface area contributed by atoms with Crippen LogP contribution in [0.2, 0.25) is 10.0 Å². The van der Waals surface area contributed by atoms with Crippen LogP contribution >= 0.6 is 50.9 Å². The zero-order chi connectivity index (χ0) is 24.9. The summed E-state index contributed by atoms with van der Waals surface area (Å²) in [4.78, 5) is 39.3. The maximum atomic E-state index is 12.9. The lowest BCUT2D eigenvalue weighted by molar-refractivity contribution is -0.123. The van der Waals surface area contributed by atoms with Crippen LogP contribution in [0.25, 0.3) is 6.08 Å². The number of thioether (sulfide) groups is 1. The van der Waals surface area contributed by atoms with Crippen LogP contribution in [0.5, 0.6) is 5.75 Å². The summed E-state index contributed by atoms with van der Waals surface area (Å²) in [6.07, 6.45) is 1.58. The van der Waals surface area contributed by atoms with Crippen molar-refractivity contribution < 1.29 is 19.1 Å². The number of para-hydroxylation sites is 1. The van der Waals surface area contributed by atoms with E-state index >= 15 is 0 Å². The third kappa shape index (κ3) is 6.46. The average molecular weight is 592 g/mol. The molecule has 1 saturated heterocycles. The normalized spacial score (nSPS) is 14.5. The van der Waals surface area contributed by atoms with E-state index in [4.69, 9.17) is 27.9 Å². The molecular formula is C25H17BrCl2N2O4S. The van der Waals surface area contributed by atoms with Gasteiger partial charge >= 0.3 is 0 Å². The van der Waals surface area contributed by atoms with Gasteiger partial charge in [-0.05, 0) is 65.9 Å². The summed E-state index contributed by atoms with van der Waals surface area (Å²) in [6, 6.07) is 19.0. The number of nitrogens with zero attached hydrogens (tertiary/aromatic N) is 1. The number of benzene rings is 3. The molecule has 1 aliphatic heterocycles. The highest BCUT2D eigenvalue weighted by atomic mass is 79.9. The number of rotatable bonds is 7. The predicted molar refractivity (Wildman–Crippen MR) is 143 cm³/mol. The minimum Gasteiger partial charge on any atom is -0.483 e. The first-order valence-corrected chi connectivity index (χ1v) is 12.6. The van der Waals surface area contributed by atoms with E-state index < -0.39 is 11.8 Å². The van der Waals surface area contributed by atoms with E-state index in [-0.39, 0.29) is 23.3 Å². The van der Waals surface area contributed by atoms with Crippen molar-refractivity contribution >= 4 is 79.7 Å². The van der Waals surface area contributed by atoms with Crippen molar-refractivity contribution in [1.82, 2.24) is 4.90 Å². The highest BCUT2D eigenvalue weighted by Crippen LogP contribution is 2.35. The standard InChI is InChI=1S/C25H17BrCl2N2O4S/c26-17-7-10-21(34-14-23(31)29-20-4-2-1-3-19(20)28)16(11-17)12-22-24(32)30(25(33)35-22)13-15-5-8-18(27)9-6-15/h1-12H,13-14H2,(H,29,31)/b22-12-. The number of imide groups is 1. The second kappa shape index (κ2) is 11.3. The molecule has 1 N–H and O–H groups in total. The van der Waals surface area contributed by atoms with Gasteiger partial charge in [0.15, 0.2) is 6.61 Å². The summed E-state index contributed by atoms with van der Waals surface area (Å²) in [5.41, 5.74) is 1.81. The van der Waals surface area contributed by atoms with E-state index in [0.717, 1.165) is 21.8 Å². The van der Waals surface area contributed by atoms with Crippen LogP contribution in [0.1, 0.15) is 11.1 Å². The lowest BCUT2D eigenvalue weighted by Crippen LogP contribution is -2.27. The highest BCUT2D eigenvalue weighted by molar-refractivity contribution is 9.10. The number of halogens is 3. The summed E-state index contributed by atoms with van der Waals surface area (Å²) in [7, 11) is 0. The molecule has 0 atom stereocenters. The zero-order valence-corrected chi connectivity index (χ0v) is 21.9. The second-order valence-corrected chi connectivity index (χ2v) is 10.1. The molecular weight excluding hydrogens is 575 g/mol. The fraction of sp³-hybridized carbons (Fsp3) is 0.0800. The van der Waals surface area contributed by atoms with E-state index in [1.807, 2.05) is 0 Å². The summed E-state index contributed by atoms with van der Waals surface area (Å²) in [5.74, 6) is -0.417. The van der Waals surface area contributed by atoms with E-state index in [1.165, 1.54) is 4.90 Å². The molecule has 3 amide bonds. The highest BCUT2D eigenvalue weighted by Gasteiger charge is 2.35. The molecule has 35 heavy (non-hydrogen) atoms. The van der Waals surface area contributed by atoms with Crippen molar-refractivity contribution in [2.75, 3.05) is 11.9 Å². The molecule has 6 nitrogen and oxygen atoms in total. The topological polar surface area (TPSA) is 75.7 Å². The van der Waals surface area contributed by atoms with Gasteiger partial charge < -0.3 is 10.1 Å². The number of carbonyl (C=O) groups is 3. The summed E-state index contributed by atoms with van der Waals surface area (Å²) < 4.78 is 6.47. The molecule has 3 aromatic rings. The maximum Gasteiger partial charge on any atom is 0.293 e. The van der Waals surface area contributed by atoms with Crippen molar-refractivity contribution in [1.29, 1.82) is 0 Å². The first-order valence-electron chi connectivity index (χ1n) is 10.3. The van der Waals surface area contributed by atoms with E-state index in [1.54, 1.807) is 72.8 Å². The van der Waals surface area contributed by atoms with Crippen LogP contribution in [-0.2, 0) is 16.1 Å². The lowest BCUT2D eigenvalue weighted by atomic mass is 10.1. The Morgan fingerprint density at radius 2 is 1.80 bits per heavy atom. The van der Waals surface area contributed by atoms with Gasteiger partial charge in [0.05, 0.1) is 22.2 Å². The molecule has 0 radical (unpaired) electrons. The lowest BCUT2D eigenvalue weighted by Gasteiger charge is -2.13. The molecule has 0 aromatic heterocycles. The van der Waals surface area contributed by atoms with Crippen LogP contribution in [0.3, 0.4) is 0 Å². The molecule has 178 valence electrons. The summed E-state index contributed by atoms with van der Waals surface area (Å²) in [6.45, 7) is -0.130. The molecule has 0 aliphatic carbocycles. The van der Waals surface area contributed by atoms with Crippen LogP contribution in [-0.4, -0.2) is 28.6 Å². The van der Waals surface area contributed by atoms with Gasteiger partial charge in [-0.3, -0.25) is 19.3 Å². The van der Waals surface area contributed by atoms with Crippen LogP contribution in [0.4, 0.5) is 10.5 Å². The Labute approximate surface area is 224 Å². The summed E-state index contributed by atoms with van der Waals surface area (Å²) in [5, 5.41) is 3.31. The maximum absolute atomic E-state index is 12.9. The van der Waals surface area contributed by atoms with Crippen molar-refractivity contribution in [3.05, 3.63) is 97.3 Å². The Balaban J connectivity index is 1.48. The number of ether oxygens (including phenoxy) is 1. The molecule has 3 aromatic carbocycles. The SMILES string of the molecule is O=C(COc1ccc(Br)cc1/C=C1\SC(=O)N(Cc2ccc(Cl)cc2)C1=O)Nc1ccccc1Cl. The Hall–Kier alpha value is -2.78.